The Labute approximate surface area is 115 Å². The minimum Gasteiger partial charge on any atom is -0.0620 e. The Bertz CT molecular complexity index is 611. The molecular weight excluding hydrogens is 228 g/mol. The summed E-state index contributed by atoms with van der Waals surface area (Å²) in [7, 11) is 0. The van der Waals surface area contributed by atoms with Gasteiger partial charge in [0.1, 0.15) is 0 Å². The molecule has 0 amide bonds. The Morgan fingerprint density at radius 2 is 1.42 bits per heavy atom. The number of fused-ring (bicyclic) bond motifs is 3. The average Bonchev–Trinajstić information content (AvgIpc) is 2.48. The molecule has 2 aliphatic rings. The largest absolute Gasteiger partial charge is 0.0620 e. The summed E-state index contributed by atoms with van der Waals surface area (Å²) >= 11 is 0. The standard InChI is InChI=1S/C19H20/c1-2-8-17-14-19(13-11-15(17)6-1)12-5-9-16-7-3-4-10-18(16)19/h1-4,6-8,10H,5,9,11-14H2. The first-order chi connectivity index (χ1) is 9.37. The predicted molar refractivity (Wildman–Crippen MR) is 79.5 cm³/mol. The van der Waals surface area contributed by atoms with Crippen molar-refractivity contribution in [3.63, 3.8) is 0 Å². The zero-order chi connectivity index (χ0) is 12.7. The first-order valence-electron chi connectivity index (χ1n) is 7.53. The molecule has 0 N–H and O–H groups in total. The highest BCUT2D eigenvalue weighted by atomic mass is 14.4. The van der Waals surface area contributed by atoms with Gasteiger partial charge in [-0.25, -0.2) is 0 Å². The highest BCUT2D eigenvalue weighted by Crippen LogP contribution is 2.46. The van der Waals surface area contributed by atoms with Gasteiger partial charge in [0.2, 0.25) is 0 Å². The van der Waals surface area contributed by atoms with Crippen molar-refractivity contribution in [3.05, 3.63) is 70.8 Å². The summed E-state index contributed by atoms with van der Waals surface area (Å²) in [5, 5.41) is 0. The molecular formula is C19H20. The highest BCUT2D eigenvalue weighted by molar-refractivity contribution is 5.42. The smallest absolute Gasteiger partial charge is 0.0000556 e. The zero-order valence-corrected chi connectivity index (χ0v) is 11.4. The summed E-state index contributed by atoms with van der Waals surface area (Å²) in [6, 6.07) is 18.2. The molecule has 1 spiro atoms. The van der Waals surface area contributed by atoms with E-state index < -0.39 is 0 Å². The molecule has 0 saturated carbocycles. The van der Waals surface area contributed by atoms with Crippen LogP contribution in [0.25, 0.3) is 0 Å². The Balaban J connectivity index is 1.81. The van der Waals surface area contributed by atoms with Gasteiger partial charge in [-0.05, 0) is 66.2 Å². The van der Waals surface area contributed by atoms with Gasteiger partial charge in [0.05, 0.1) is 0 Å². The van der Waals surface area contributed by atoms with E-state index in [4.69, 9.17) is 0 Å². The molecule has 2 aliphatic carbocycles. The quantitative estimate of drug-likeness (QED) is 0.646. The fourth-order valence-electron chi connectivity index (χ4n) is 4.25. The molecule has 0 aromatic heterocycles. The maximum absolute atomic E-state index is 2.39. The zero-order valence-electron chi connectivity index (χ0n) is 11.4. The summed E-state index contributed by atoms with van der Waals surface area (Å²) in [5.41, 5.74) is 6.86. The van der Waals surface area contributed by atoms with Crippen molar-refractivity contribution < 1.29 is 0 Å². The van der Waals surface area contributed by atoms with Gasteiger partial charge < -0.3 is 0 Å². The van der Waals surface area contributed by atoms with Crippen LogP contribution in [0, 0.1) is 0 Å². The van der Waals surface area contributed by atoms with Crippen LogP contribution < -0.4 is 0 Å². The minimum atomic E-state index is 0.434. The van der Waals surface area contributed by atoms with Crippen LogP contribution >= 0.6 is 0 Å². The van der Waals surface area contributed by atoms with Gasteiger partial charge >= 0.3 is 0 Å². The molecule has 1 unspecified atom stereocenters. The molecule has 0 radical (unpaired) electrons. The molecule has 1 atom stereocenters. The molecule has 0 fully saturated rings. The number of aryl methyl sites for hydroxylation is 2. The van der Waals surface area contributed by atoms with Gasteiger partial charge in [0.15, 0.2) is 0 Å². The molecule has 0 heteroatoms. The maximum atomic E-state index is 2.39. The number of hydrogen-bond donors (Lipinski definition) is 0. The Morgan fingerprint density at radius 1 is 0.684 bits per heavy atom. The normalized spacial score (nSPS) is 24.8. The first kappa shape index (κ1) is 11.3. The second kappa shape index (κ2) is 4.23. The van der Waals surface area contributed by atoms with E-state index in [0.717, 1.165) is 0 Å². The van der Waals surface area contributed by atoms with Crippen LogP contribution in [-0.4, -0.2) is 0 Å². The maximum Gasteiger partial charge on any atom is -0.0000556 e. The number of benzene rings is 2. The van der Waals surface area contributed by atoms with Crippen molar-refractivity contribution in [2.24, 2.45) is 0 Å². The molecule has 0 saturated heterocycles. The lowest BCUT2D eigenvalue weighted by Gasteiger charge is -2.43. The van der Waals surface area contributed by atoms with E-state index in [-0.39, 0.29) is 0 Å². The number of hydrogen-bond acceptors (Lipinski definition) is 0. The topological polar surface area (TPSA) is 0 Å². The fourth-order valence-corrected chi connectivity index (χ4v) is 4.25. The van der Waals surface area contributed by atoms with Crippen molar-refractivity contribution in [3.8, 4) is 0 Å². The van der Waals surface area contributed by atoms with Gasteiger partial charge in [0, 0.05) is 0 Å². The van der Waals surface area contributed by atoms with E-state index in [9.17, 15) is 0 Å². The van der Waals surface area contributed by atoms with E-state index in [1.165, 1.54) is 38.5 Å². The number of rotatable bonds is 0. The first-order valence-corrected chi connectivity index (χ1v) is 7.53. The summed E-state index contributed by atoms with van der Waals surface area (Å²) < 4.78 is 0. The van der Waals surface area contributed by atoms with Crippen LogP contribution in [0.1, 0.15) is 41.5 Å². The van der Waals surface area contributed by atoms with Crippen LogP contribution in [0.3, 0.4) is 0 Å². The lowest BCUT2D eigenvalue weighted by molar-refractivity contribution is 0.317. The molecule has 96 valence electrons. The van der Waals surface area contributed by atoms with Crippen molar-refractivity contribution in [1.29, 1.82) is 0 Å². The third kappa shape index (κ3) is 1.74. The van der Waals surface area contributed by atoms with Crippen LogP contribution in [0.5, 0.6) is 0 Å². The van der Waals surface area contributed by atoms with Gasteiger partial charge in [-0.2, -0.15) is 0 Å². The van der Waals surface area contributed by atoms with Crippen molar-refractivity contribution in [2.75, 3.05) is 0 Å². The molecule has 4 rings (SSSR count). The molecule has 0 bridgehead atoms. The highest BCUT2D eigenvalue weighted by Gasteiger charge is 2.38. The van der Waals surface area contributed by atoms with Crippen molar-refractivity contribution in [1.82, 2.24) is 0 Å². The minimum absolute atomic E-state index is 0.434. The summed E-state index contributed by atoms with van der Waals surface area (Å²) in [6.07, 6.45) is 7.85. The second-order valence-corrected chi connectivity index (χ2v) is 6.24. The summed E-state index contributed by atoms with van der Waals surface area (Å²) in [6.45, 7) is 0. The second-order valence-electron chi connectivity index (χ2n) is 6.24. The fraction of sp³-hybridized carbons (Fsp3) is 0.368. The van der Waals surface area contributed by atoms with E-state index in [2.05, 4.69) is 48.5 Å². The van der Waals surface area contributed by atoms with Crippen molar-refractivity contribution in [2.45, 2.75) is 43.9 Å². The Hall–Kier alpha value is -1.56. The van der Waals surface area contributed by atoms with E-state index in [1.807, 2.05) is 0 Å². The monoisotopic (exact) mass is 248 g/mol. The average molecular weight is 248 g/mol. The Morgan fingerprint density at radius 3 is 2.32 bits per heavy atom. The lowest BCUT2D eigenvalue weighted by Crippen LogP contribution is -2.36. The molecule has 19 heavy (non-hydrogen) atoms. The summed E-state index contributed by atoms with van der Waals surface area (Å²) in [4.78, 5) is 0. The third-order valence-electron chi connectivity index (χ3n) is 5.21. The molecule has 2 aromatic carbocycles. The van der Waals surface area contributed by atoms with E-state index in [0.29, 0.717) is 5.41 Å². The van der Waals surface area contributed by atoms with Crippen LogP contribution in [0.15, 0.2) is 48.5 Å². The van der Waals surface area contributed by atoms with Crippen LogP contribution in [0.2, 0.25) is 0 Å². The van der Waals surface area contributed by atoms with Crippen LogP contribution in [0.4, 0.5) is 0 Å². The van der Waals surface area contributed by atoms with Crippen molar-refractivity contribution >= 4 is 0 Å². The summed E-state index contributed by atoms with van der Waals surface area (Å²) in [5.74, 6) is 0. The van der Waals surface area contributed by atoms with E-state index in [1.54, 1.807) is 22.3 Å². The SMILES string of the molecule is c1ccc2c(c1)CCC1(CCCc3ccccc31)C2. The molecule has 0 aliphatic heterocycles. The van der Waals surface area contributed by atoms with Gasteiger partial charge in [0.25, 0.3) is 0 Å². The van der Waals surface area contributed by atoms with Gasteiger partial charge in [-0.15, -0.1) is 0 Å². The van der Waals surface area contributed by atoms with E-state index >= 15 is 0 Å². The Kier molecular flexibility index (Phi) is 2.51. The third-order valence-corrected chi connectivity index (χ3v) is 5.21. The van der Waals surface area contributed by atoms with Gasteiger partial charge in [-0.1, -0.05) is 48.5 Å². The molecule has 2 aromatic rings. The van der Waals surface area contributed by atoms with Crippen LogP contribution in [-0.2, 0) is 24.7 Å². The molecule has 0 heterocycles. The lowest BCUT2D eigenvalue weighted by atomic mass is 9.61. The van der Waals surface area contributed by atoms with Gasteiger partial charge in [-0.3, -0.25) is 0 Å². The molecule has 0 nitrogen and oxygen atoms in total. The predicted octanol–water partition coefficient (Wildman–Crippen LogP) is 4.45.